The normalized spacial score (nSPS) is 16.9. The van der Waals surface area contributed by atoms with Crippen LogP contribution in [-0.2, 0) is 4.74 Å². The summed E-state index contributed by atoms with van der Waals surface area (Å²) in [6.07, 6.45) is 7.45. The van der Waals surface area contributed by atoms with Crippen molar-refractivity contribution in [3.05, 3.63) is 69.0 Å². The molecule has 0 atom stereocenters. The Balaban J connectivity index is 1.99. The molecule has 1 aliphatic heterocycles. The van der Waals surface area contributed by atoms with Gasteiger partial charge in [0.1, 0.15) is 5.82 Å². The van der Waals surface area contributed by atoms with Gasteiger partial charge in [0.25, 0.3) is 0 Å². The number of rotatable bonds is 7. The molecule has 162 valence electrons. The first-order valence-corrected chi connectivity index (χ1v) is 10.8. The summed E-state index contributed by atoms with van der Waals surface area (Å²) in [6.45, 7) is 10.7. The highest BCUT2D eigenvalue weighted by molar-refractivity contribution is 9.12. The van der Waals surface area contributed by atoms with E-state index in [1.54, 1.807) is 19.3 Å². The van der Waals surface area contributed by atoms with E-state index in [9.17, 15) is 9.18 Å². The standard InChI is InChI=1S/C24H30BrFN2O2/c1-16(12-17(2)21(25)6-9-27-4)15-28-10-7-19(8-11-28)23-18(3)13-20(14-22(23)26)24(29)30-5/h6,9,12-14,19H,2,7-8,10-11,15H2,1,3-5H3/b16-12+,21-6+,27-9?. The second-order valence-electron chi connectivity index (χ2n) is 7.67. The Morgan fingerprint density at radius 2 is 2.07 bits per heavy atom. The van der Waals surface area contributed by atoms with E-state index in [-0.39, 0.29) is 17.3 Å². The smallest absolute Gasteiger partial charge is 0.337 e. The third kappa shape index (κ3) is 6.47. The lowest BCUT2D eigenvalue weighted by Gasteiger charge is -2.33. The number of piperidine rings is 1. The van der Waals surface area contributed by atoms with E-state index in [0.29, 0.717) is 0 Å². The number of aryl methyl sites for hydroxylation is 1. The van der Waals surface area contributed by atoms with Gasteiger partial charge >= 0.3 is 5.97 Å². The minimum atomic E-state index is -0.509. The maximum Gasteiger partial charge on any atom is 0.337 e. The molecule has 0 bridgehead atoms. The van der Waals surface area contributed by atoms with Gasteiger partial charge in [0.2, 0.25) is 0 Å². The zero-order valence-electron chi connectivity index (χ0n) is 18.2. The Labute approximate surface area is 187 Å². The van der Waals surface area contributed by atoms with Crippen LogP contribution in [0.25, 0.3) is 0 Å². The predicted octanol–water partition coefficient (Wildman–Crippen LogP) is 5.58. The van der Waals surface area contributed by atoms with Crippen LogP contribution in [0.15, 0.2) is 51.5 Å². The second-order valence-corrected chi connectivity index (χ2v) is 8.52. The SMILES string of the molecule is C=C(/C=C(\C)CN1CCC(c2c(C)cc(C(=O)OC)cc2F)CC1)/C(Br)=C\C=NC. The number of benzene rings is 1. The first kappa shape index (κ1) is 24.2. The van der Waals surface area contributed by atoms with Crippen LogP contribution in [0.4, 0.5) is 4.39 Å². The van der Waals surface area contributed by atoms with Gasteiger partial charge in [-0.15, -0.1) is 0 Å². The molecule has 1 aromatic carbocycles. The third-order valence-electron chi connectivity index (χ3n) is 5.32. The van der Waals surface area contributed by atoms with Crippen molar-refractivity contribution in [2.45, 2.75) is 32.6 Å². The van der Waals surface area contributed by atoms with Crippen molar-refractivity contribution in [3.8, 4) is 0 Å². The van der Waals surface area contributed by atoms with Crippen molar-refractivity contribution in [2.75, 3.05) is 33.8 Å². The largest absolute Gasteiger partial charge is 0.465 e. The van der Waals surface area contributed by atoms with E-state index in [1.165, 1.54) is 18.7 Å². The number of carbonyl (C=O) groups excluding carboxylic acids is 1. The molecule has 0 unspecified atom stereocenters. The maximum atomic E-state index is 14.7. The molecule has 0 radical (unpaired) electrons. The van der Waals surface area contributed by atoms with Crippen LogP contribution < -0.4 is 0 Å². The van der Waals surface area contributed by atoms with Gasteiger partial charge in [-0.05, 0) is 80.6 Å². The molecule has 1 aromatic rings. The van der Waals surface area contributed by atoms with Crippen LogP contribution in [0.2, 0.25) is 0 Å². The Hall–Kier alpha value is -2.05. The Morgan fingerprint density at radius 1 is 1.40 bits per heavy atom. The third-order valence-corrected chi connectivity index (χ3v) is 6.10. The monoisotopic (exact) mass is 476 g/mol. The molecule has 0 amide bonds. The van der Waals surface area contributed by atoms with Crippen molar-refractivity contribution in [1.29, 1.82) is 0 Å². The number of methoxy groups -OCH3 is 1. The van der Waals surface area contributed by atoms with Gasteiger partial charge < -0.3 is 4.74 Å². The lowest BCUT2D eigenvalue weighted by atomic mass is 9.85. The lowest BCUT2D eigenvalue weighted by Crippen LogP contribution is -2.34. The number of likely N-dealkylation sites (tertiary alicyclic amines) is 1. The van der Waals surface area contributed by atoms with E-state index in [4.69, 9.17) is 4.74 Å². The lowest BCUT2D eigenvalue weighted by molar-refractivity contribution is 0.0600. The molecule has 1 heterocycles. The molecule has 2 rings (SSSR count). The van der Waals surface area contributed by atoms with E-state index in [0.717, 1.165) is 53.7 Å². The number of carbonyl (C=O) groups is 1. The molecule has 0 aliphatic carbocycles. The van der Waals surface area contributed by atoms with Gasteiger partial charge in [0.15, 0.2) is 0 Å². The fraction of sp³-hybridized carbons (Fsp3) is 0.417. The molecule has 0 saturated carbocycles. The number of nitrogens with zero attached hydrogens (tertiary/aromatic N) is 2. The number of hydrogen-bond acceptors (Lipinski definition) is 4. The molecule has 1 aliphatic rings. The highest BCUT2D eigenvalue weighted by Gasteiger charge is 2.25. The van der Waals surface area contributed by atoms with Crippen molar-refractivity contribution in [3.63, 3.8) is 0 Å². The highest BCUT2D eigenvalue weighted by atomic mass is 79.9. The minimum absolute atomic E-state index is 0.164. The first-order chi connectivity index (χ1) is 14.3. The van der Waals surface area contributed by atoms with Crippen LogP contribution in [0.3, 0.4) is 0 Å². The predicted molar refractivity (Wildman–Crippen MR) is 125 cm³/mol. The molecule has 0 N–H and O–H groups in total. The molecule has 0 aromatic heterocycles. The number of aliphatic imine (C=N–C) groups is 1. The highest BCUT2D eigenvalue weighted by Crippen LogP contribution is 2.33. The van der Waals surface area contributed by atoms with Crippen molar-refractivity contribution < 1.29 is 13.9 Å². The van der Waals surface area contributed by atoms with E-state index >= 15 is 0 Å². The molecular weight excluding hydrogens is 447 g/mol. The molecule has 30 heavy (non-hydrogen) atoms. The van der Waals surface area contributed by atoms with Gasteiger partial charge in [0, 0.05) is 24.3 Å². The molecule has 6 heteroatoms. The van der Waals surface area contributed by atoms with Crippen LogP contribution >= 0.6 is 15.9 Å². The summed E-state index contributed by atoms with van der Waals surface area (Å²) in [7, 11) is 3.03. The molecule has 0 spiro atoms. The molecule has 1 saturated heterocycles. The van der Waals surface area contributed by atoms with Crippen LogP contribution in [-0.4, -0.2) is 50.9 Å². The minimum Gasteiger partial charge on any atom is -0.465 e. The van der Waals surface area contributed by atoms with E-state index < -0.39 is 5.97 Å². The van der Waals surface area contributed by atoms with Crippen LogP contribution in [0.5, 0.6) is 0 Å². The number of ether oxygens (including phenoxy) is 1. The van der Waals surface area contributed by atoms with Crippen molar-refractivity contribution >= 4 is 28.1 Å². The fourth-order valence-electron chi connectivity index (χ4n) is 3.90. The number of hydrogen-bond donors (Lipinski definition) is 0. The summed E-state index contributed by atoms with van der Waals surface area (Å²) in [4.78, 5) is 18.0. The Bertz CT molecular complexity index is 858. The summed E-state index contributed by atoms with van der Waals surface area (Å²) in [5.41, 5.74) is 3.94. The van der Waals surface area contributed by atoms with Gasteiger partial charge in [-0.1, -0.05) is 34.2 Å². The summed E-state index contributed by atoms with van der Waals surface area (Å²) in [6, 6.07) is 3.03. The number of esters is 1. The topological polar surface area (TPSA) is 41.9 Å². The number of allylic oxidation sites excluding steroid dienone is 4. The maximum absolute atomic E-state index is 14.7. The molecule has 1 fully saturated rings. The summed E-state index contributed by atoms with van der Waals surface area (Å²) >= 11 is 3.51. The van der Waals surface area contributed by atoms with E-state index in [1.807, 2.05) is 13.0 Å². The van der Waals surface area contributed by atoms with E-state index in [2.05, 4.69) is 45.4 Å². The van der Waals surface area contributed by atoms with Crippen molar-refractivity contribution in [2.24, 2.45) is 4.99 Å². The van der Waals surface area contributed by atoms with Gasteiger partial charge in [-0.3, -0.25) is 9.89 Å². The van der Waals surface area contributed by atoms with Gasteiger partial charge in [0.05, 0.1) is 12.7 Å². The van der Waals surface area contributed by atoms with Crippen LogP contribution in [0, 0.1) is 12.7 Å². The fourth-order valence-corrected chi connectivity index (χ4v) is 4.13. The van der Waals surface area contributed by atoms with Crippen molar-refractivity contribution in [1.82, 2.24) is 4.90 Å². The average molecular weight is 477 g/mol. The average Bonchev–Trinajstić information content (AvgIpc) is 2.71. The first-order valence-electron chi connectivity index (χ1n) is 10.0. The number of halogens is 2. The Morgan fingerprint density at radius 3 is 2.63 bits per heavy atom. The summed E-state index contributed by atoms with van der Waals surface area (Å²) in [5.74, 6) is -0.656. The zero-order chi connectivity index (χ0) is 22.3. The van der Waals surface area contributed by atoms with Gasteiger partial charge in [-0.2, -0.15) is 0 Å². The van der Waals surface area contributed by atoms with Crippen LogP contribution in [0.1, 0.15) is 47.2 Å². The summed E-state index contributed by atoms with van der Waals surface area (Å²) < 4.78 is 20.4. The molecule has 4 nitrogen and oxygen atoms in total. The Kier molecular flexibility index (Phi) is 9.18. The molecular formula is C24H30BrFN2O2. The zero-order valence-corrected chi connectivity index (χ0v) is 19.8. The quantitative estimate of drug-likeness (QED) is 0.293. The summed E-state index contributed by atoms with van der Waals surface area (Å²) in [5, 5.41) is 0. The second kappa shape index (κ2) is 11.4. The van der Waals surface area contributed by atoms with Gasteiger partial charge in [-0.25, -0.2) is 9.18 Å².